The number of sulfone groups is 1. The molecule has 0 unspecified atom stereocenters. The van der Waals surface area contributed by atoms with E-state index in [-0.39, 0.29) is 23.6 Å². The summed E-state index contributed by atoms with van der Waals surface area (Å²) in [5.74, 6) is 0.362. The highest BCUT2D eigenvalue weighted by Crippen LogP contribution is 2.22. The van der Waals surface area contributed by atoms with Gasteiger partial charge in [-0.2, -0.15) is 5.10 Å². The highest BCUT2D eigenvalue weighted by Gasteiger charge is 2.26. The van der Waals surface area contributed by atoms with Gasteiger partial charge in [-0.25, -0.2) is 13.2 Å². The Morgan fingerprint density at radius 1 is 1.46 bits per heavy atom. The van der Waals surface area contributed by atoms with Crippen LogP contribution < -0.4 is 5.32 Å². The van der Waals surface area contributed by atoms with E-state index in [1.807, 2.05) is 10.7 Å². The molecule has 0 fully saturated rings. The molecule has 24 heavy (non-hydrogen) atoms. The number of urea groups is 1. The first-order valence-electron chi connectivity index (χ1n) is 8.22. The van der Waals surface area contributed by atoms with Crippen molar-refractivity contribution >= 4 is 15.9 Å². The van der Waals surface area contributed by atoms with Gasteiger partial charge in [0.15, 0.2) is 9.84 Å². The molecule has 8 nitrogen and oxygen atoms in total. The van der Waals surface area contributed by atoms with Gasteiger partial charge in [0.1, 0.15) is 0 Å². The quantitative estimate of drug-likeness (QED) is 0.760. The van der Waals surface area contributed by atoms with E-state index in [2.05, 4.69) is 15.3 Å². The van der Waals surface area contributed by atoms with Crippen LogP contribution in [-0.2, 0) is 16.4 Å². The number of amides is 2. The van der Waals surface area contributed by atoms with Crippen molar-refractivity contribution in [2.45, 2.75) is 25.9 Å². The monoisotopic (exact) mass is 357 g/mol. The van der Waals surface area contributed by atoms with Crippen molar-refractivity contribution in [1.29, 1.82) is 0 Å². The van der Waals surface area contributed by atoms with Gasteiger partial charge in [0.25, 0.3) is 0 Å². The maximum atomic E-state index is 11.7. The van der Waals surface area contributed by atoms with Crippen LogP contribution in [-0.4, -0.2) is 79.3 Å². The van der Waals surface area contributed by atoms with Crippen LogP contribution in [0.1, 0.15) is 25.1 Å². The zero-order chi connectivity index (χ0) is 17.7. The van der Waals surface area contributed by atoms with Gasteiger partial charge in [-0.1, -0.05) is 6.92 Å². The Kier molecular flexibility index (Phi) is 6.22. The standard InChI is InChI=1S/C15H27N5O3S/c1-4-24(22,23)10-9-19-11-13(5-7-16-15(21)18(2)3)20-14(12-19)6-8-17-20/h6,8,13H,4-5,7,9-12H2,1-3H3,(H,16,21)/t13-/m0/s1. The molecule has 0 bridgehead atoms. The van der Waals surface area contributed by atoms with Gasteiger partial charge in [-0.3, -0.25) is 9.58 Å². The molecule has 0 radical (unpaired) electrons. The maximum absolute atomic E-state index is 11.7. The lowest BCUT2D eigenvalue weighted by Gasteiger charge is -2.34. The van der Waals surface area contributed by atoms with Crippen LogP contribution in [0.25, 0.3) is 0 Å². The highest BCUT2D eigenvalue weighted by atomic mass is 32.2. The molecule has 1 aliphatic heterocycles. The molecule has 2 amide bonds. The molecule has 0 aliphatic carbocycles. The molecule has 1 aliphatic rings. The molecule has 0 saturated carbocycles. The van der Waals surface area contributed by atoms with E-state index in [9.17, 15) is 13.2 Å². The summed E-state index contributed by atoms with van der Waals surface area (Å²) in [5, 5.41) is 7.24. The lowest BCUT2D eigenvalue weighted by Crippen LogP contribution is -2.42. The van der Waals surface area contributed by atoms with Gasteiger partial charge in [0.05, 0.1) is 17.5 Å². The smallest absolute Gasteiger partial charge is 0.316 e. The number of nitrogens with zero attached hydrogens (tertiary/aromatic N) is 4. The summed E-state index contributed by atoms with van der Waals surface area (Å²) in [6.45, 7) is 4.21. The molecule has 1 aromatic heterocycles. The van der Waals surface area contributed by atoms with Gasteiger partial charge < -0.3 is 10.2 Å². The number of rotatable bonds is 7. The minimum Gasteiger partial charge on any atom is -0.338 e. The minimum absolute atomic E-state index is 0.114. The van der Waals surface area contributed by atoms with Gasteiger partial charge >= 0.3 is 6.03 Å². The van der Waals surface area contributed by atoms with E-state index in [1.54, 1.807) is 27.2 Å². The number of hydrogen-bond acceptors (Lipinski definition) is 5. The number of aromatic nitrogens is 2. The van der Waals surface area contributed by atoms with E-state index in [0.29, 0.717) is 19.6 Å². The molecule has 136 valence electrons. The third-order valence-corrected chi connectivity index (χ3v) is 5.96. The van der Waals surface area contributed by atoms with Crippen LogP contribution in [0, 0.1) is 0 Å². The first kappa shape index (κ1) is 18.7. The van der Waals surface area contributed by atoms with Crippen LogP contribution in [0.5, 0.6) is 0 Å². The fourth-order valence-corrected chi connectivity index (χ4v) is 3.59. The third-order valence-electron chi connectivity index (χ3n) is 4.27. The van der Waals surface area contributed by atoms with Crippen molar-refractivity contribution in [1.82, 2.24) is 24.9 Å². The van der Waals surface area contributed by atoms with E-state index in [1.165, 1.54) is 4.90 Å². The SMILES string of the molecule is CCS(=O)(=O)CCN1Cc2ccnn2[C@@H](CCNC(=O)N(C)C)C1. The zero-order valence-electron chi connectivity index (χ0n) is 14.6. The Hall–Kier alpha value is -1.61. The van der Waals surface area contributed by atoms with E-state index in [4.69, 9.17) is 0 Å². The number of nitrogens with one attached hydrogen (secondary N) is 1. The summed E-state index contributed by atoms with van der Waals surface area (Å²) in [4.78, 5) is 15.3. The van der Waals surface area contributed by atoms with E-state index in [0.717, 1.165) is 18.7 Å². The second kappa shape index (κ2) is 7.98. The summed E-state index contributed by atoms with van der Waals surface area (Å²) in [6.07, 6.45) is 2.53. The normalized spacial score (nSPS) is 18.2. The van der Waals surface area contributed by atoms with Crippen LogP contribution >= 0.6 is 0 Å². The maximum Gasteiger partial charge on any atom is 0.316 e. The lowest BCUT2D eigenvalue weighted by molar-refractivity contribution is 0.175. The van der Waals surface area contributed by atoms with Crippen LogP contribution in [0.15, 0.2) is 12.3 Å². The average Bonchev–Trinajstić information content (AvgIpc) is 3.01. The molecule has 0 aromatic carbocycles. The highest BCUT2D eigenvalue weighted by molar-refractivity contribution is 7.91. The average molecular weight is 357 g/mol. The first-order valence-corrected chi connectivity index (χ1v) is 10.0. The molecule has 2 heterocycles. The predicted octanol–water partition coefficient (Wildman–Crippen LogP) is 0.336. The van der Waals surface area contributed by atoms with Gasteiger partial charge in [-0.05, 0) is 12.5 Å². The van der Waals surface area contributed by atoms with Crippen molar-refractivity contribution in [2.24, 2.45) is 0 Å². The Balaban J connectivity index is 1.94. The number of hydrogen-bond donors (Lipinski definition) is 1. The van der Waals surface area contributed by atoms with Gasteiger partial charge in [0, 0.05) is 52.2 Å². The number of carbonyl (C=O) groups is 1. The molecule has 1 atom stereocenters. The molecule has 9 heteroatoms. The van der Waals surface area contributed by atoms with E-state index < -0.39 is 9.84 Å². The Labute approximate surface area is 143 Å². The summed E-state index contributed by atoms with van der Waals surface area (Å²) in [5.41, 5.74) is 1.08. The second-order valence-corrected chi connectivity index (χ2v) is 8.78. The zero-order valence-corrected chi connectivity index (χ0v) is 15.4. The van der Waals surface area contributed by atoms with Crippen molar-refractivity contribution in [2.75, 3.05) is 45.2 Å². The predicted molar refractivity (Wildman–Crippen MR) is 92.6 cm³/mol. The summed E-state index contributed by atoms with van der Waals surface area (Å²) >= 11 is 0. The fraction of sp³-hybridized carbons (Fsp3) is 0.733. The largest absolute Gasteiger partial charge is 0.338 e. The molecule has 1 aromatic rings. The molecular weight excluding hydrogens is 330 g/mol. The van der Waals surface area contributed by atoms with Crippen molar-refractivity contribution in [3.05, 3.63) is 18.0 Å². The van der Waals surface area contributed by atoms with Crippen molar-refractivity contribution in [3.63, 3.8) is 0 Å². The molecular formula is C15H27N5O3S. The molecule has 1 N–H and O–H groups in total. The molecule has 0 spiro atoms. The Bertz CT molecular complexity index is 656. The molecule has 2 rings (SSSR count). The van der Waals surface area contributed by atoms with Crippen molar-refractivity contribution < 1.29 is 13.2 Å². The van der Waals surface area contributed by atoms with Crippen molar-refractivity contribution in [3.8, 4) is 0 Å². The van der Waals surface area contributed by atoms with Crippen LogP contribution in [0.3, 0.4) is 0 Å². The fourth-order valence-electron chi connectivity index (χ4n) is 2.76. The lowest BCUT2D eigenvalue weighted by atomic mass is 10.1. The van der Waals surface area contributed by atoms with Gasteiger partial charge in [0.2, 0.25) is 0 Å². The number of fused-ring (bicyclic) bond motifs is 1. The summed E-state index contributed by atoms with van der Waals surface area (Å²) < 4.78 is 25.5. The summed E-state index contributed by atoms with van der Waals surface area (Å²) in [6, 6.07) is 1.99. The van der Waals surface area contributed by atoms with Crippen LogP contribution in [0.2, 0.25) is 0 Å². The first-order chi connectivity index (χ1) is 11.3. The molecule has 0 saturated heterocycles. The second-order valence-electron chi connectivity index (χ2n) is 6.31. The van der Waals surface area contributed by atoms with Gasteiger partial charge in [-0.15, -0.1) is 0 Å². The summed E-state index contributed by atoms with van der Waals surface area (Å²) in [7, 11) is 0.447. The third kappa shape index (κ3) is 4.94. The topological polar surface area (TPSA) is 87.5 Å². The Morgan fingerprint density at radius 2 is 2.21 bits per heavy atom. The number of carbonyl (C=O) groups excluding carboxylic acids is 1. The van der Waals surface area contributed by atoms with E-state index >= 15 is 0 Å². The Morgan fingerprint density at radius 3 is 2.88 bits per heavy atom. The minimum atomic E-state index is -2.96. The van der Waals surface area contributed by atoms with Crippen LogP contribution in [0.4, 0.5) is 4.79 Å².